The molecule has 0 spiro atoms. The van der Waals surface area contributed by atoms with Gasteiger partial charge >= 0.3 is 0 Å². The zero-order valence-corrected chi connectivity index (χ0v) is 20.1. The van der Waals surface area contributed by atoms with E-state index in [0.29, 0.717) is 38.2 Å². The number of nitrogens with zero attached hydrogens (tertiary/aromatic N) is 1. The highest BCUT2D eigenvalue weighted by Crippen LogP contribution is 2.37. The number of aromatic nitrogens is 1. The molecule has 2 N–H and O–H groups in total. The molecule has 34 heavy (non-hydrogen) atoms. The highest BCUT2D eigenvalue weighted by atomic mass is 32.2. The molecule has 11 heteroatoms. The maximum absolute atomic E-state index is 13.0. The van der Waals surface area contributed by atoms with E-state index in [9.17, 15) is 13.2 Å². The summed E-state index contributed by atoms with van der Waals surface area (Å²) in [6.45, 7) is 0. The largest absolute Gasteiger partial charge is 0.494 e. The second-order valence-corrected chi connectivity index (χ2v) is 9.70. The first-order chi connectivity index (χ1) is 16.3. The Bertz CT molecular complexity index is 1450. The van der Waals surface area contributed by atoms with Crippen molar-refractivity contribution in [3.05, 3.63) is 66.2 Å². The Kier molecular flexibility index (Phi) is 6.57. The van der Waals surface area contributed by atoms with E-state index in [1.165, 1.54) is 56.9 Å². The van der Waals surface area contributed by atoms with E-state index >= 15 is 0 Å². The predicted octanol–water partition coefficient (Wildman–Crippen LogP) is 4.38. The quantitative estimate of drug-likeness (QED) is 0.370. The molecular weight excluding hydrogens is 478 g/mol. The molecule has 1 aromatic heterocycles. The summed E-state index contributed by atoms with van der Waals surface area (Å²) in [5.74, 6) is 0.769. The number of anilines is 2. The van der Waals surface area contributed by atoms with Crippen LogP contribution in [-0.2, 0) is 10.0 Å². The van der Waals surface area contributed by atoms with Gasteiger partial charge in [-0.3, -0.25) is 14.8 Å². The van der Waals surface area contributed by atoms with Gasteiger partial charge in [-0.25, -0.2) is 13.4 Å². The third kappa shape index (κ3) is 4.75. The van der Waals surface area contributed by atoms with Gasteiger partial charge in [-0.2, -0.15) is 0 Å². The fraction of sp³-hybridized carbons (Fsp3) is 0.130. The zero-order chi connectivity index (χ0) is 24.3. The molecule has 1 heterocycles. The number of hydrogen-bond acceptors (Lipinski definition) is 8. The fourth-order valence-electron chi connectivity index (χ4n) is 3.22. The van der Waals surface area contributed by atoms with Gasteiger partial charge < -0.3 is 14.2 Å². The highest BCUT2D eigenvalue weighted by molar-refractivity contribution is 7.92. The molecule has 4 rings (SSSR count). The Labute approximate surface area is 200 Å². The lowest BCUT2D eigenvalue weighted by Crippen LogP contribution is -2.13. The second-order valence-electron chi connectivity index (χ2n) is 6.99. The minimum Gasteiger partial charge on any atom is -0.494 e. The van der Waals surface area contributed by atoms with Crippen LogP contribution in [0.2, 0.25) is 0 Å². The smallest absolute Gasteiger partial charge is 0.262 e. The van der Waals surface area contributed by atoms with Crippen molar-refractivity contribution < 1.29 is 27.4 Å². The first kappa shape index (κ1) is 23.3. The van der Waals surface area contributed by atoms with Crippen LogP contribution in [0, 0.1) is 0 Å². The number of fused-ring (bicyclic) bond motifs is 1. The predicted molar refractivity (Wildman–Crippen MR) is 131 cm³/mol. The number of carbonyl (C=O) groups is 1. The first-order valence-corrected chi connectivity index (χ1v) is 12.2. The second kappa shape index (κ2) is 9.57. The van der Waals surface area contributed by atoms with E-state index in [-0.39, 0.29) is 16.5 Å². The molecule has 176 valence electrons. The molecule has 0 saturated heterocycles. The van der Waals surface area contributed by atoms with E-state index < -0.39 is 10.0 Å². The molecule has 1 amide bonds. The number of carbonyl (C=O) groups excluding carboxylic acids is 1. The molecule has 0 bridgehead atoms. The SMILES string of the molecule is COc1ccc(S(=O)(=O)Nc2cc(OC)c3nc(NC(=O)c4ccccc4)sc3c2)cc1OC. The van der Waals surface area contributed by atoms with Gasteiger partial charge in [-0.1, -0.05) is 29.5 Å². The van der Waals surface area contributed by atoms with Crippen molar-refractivity contribution in [1.29, 1.82) is 0 Å². The summed E-state index contributed by atoms with van der Waals surface area (Å²) < 4.78 is 45.0. The molecule has 0 aliphatic rings. The van der Waals surface area contributed by atoms with Gasteiger partial charge in [-0.05, 0) is 30.3 Å². The standard InChI is InChI=1S/C23H21N3O6S2/c1-30-17-10-9-16(13-18(17)31-2)34(28,29)26-15-11-19(32-3)21-20(12-15)33-23(24-21)25-22(27)14-7-5-4-6-8-14/h4-13,26H,1-3H3,(H,24,25,27). The van der Waals surface area contributed by atoms with Crippen molar-refractivity contribution in [2.45, 2.75) is 4.90 Å². The van der Waals surface area contributed by atoms with Crippen molar-refractivity contribution in [3.63, 3.8) is 0 Å². The Morgan fingerprint density at radius 1 is 0.882 bits per heavy atom. The number of rotatable bonds is 8. The summed E-state index contributed by atoms with van der Waals surface area (Å²) in [6.07, 6.45) is 0. The Balaban J connectivity index is 1.64. The molecule has 0 radical (unpaired) electrons. The number of amides is 1. The van der Waals surface area contributed by atoms with E-state index in [4.69, 9.17) is 14.2 Å². The topological polar surface area (TPSA) is 116 Å². The van der Waals surface area contributed by atoms with Crippen molar-refractivity contribution in [1.82, 2.24) is 4.98 Å². The third-order valence-corrected chi connectivity index (χ3v) is 7.15. The number of sulfonamides is 1. The van der Waals surface area contributed by atoms with Crippen LogP contribution in [0.5, 0.6) is 17.2 Å². The summed E-state index contributed by atoms with van der Waals surface area (Å²) in [4.78, 5) is 16.9. The molecule has 0 unspecified atom stereocenters. The maximum Gasteiger partial charge on any atom is 0.262 e. The Hall–Kier alpha value is -3.83. The molecule has 9 nitrogen and oxygen atoms in total. The fourth-order valence-corrected chi connectivity index (χ4v) is 5.20. The van der Waals surface area contributed by atoms with Crippen LogP contribution < -0.4 is 24.2 Å². The summed E-state index contributed by atoms with van der Waals surface area (Å²) in [7, 11) is 0.420. The van der Waals surface area contributed by atoms with Crippen LogP contribution in [0.3, 0.4) is 0 Å². The molecule has 3 aromatic carbocycles. The molecule has 0 fully saturated rings. The van der Waals surface area contributed by atoms with Crippen molar-refractivity contribution in [2.24, 2.45) is 0 Å². The van der Waals surface area contributed by atoms with Crippen LogP contribution in [0.4, 0.5) is 10.8 Å². The van der Waals surface area contributed by atoms with E-state index in [0.717, 1.165) is 0 Å². The van der Waals surface area contributed by atoms with Gasteiger partial charge in [0.15, 0.2) is 16.6 Å². The lowest BCUT2D eigenvalue weighted by molar-refractivity contribution is 0.102. The number of hydrogen-bond donors (Lipinski definition) is 2. The highest BCUT2D eigenvalue weighted by Gasteiger charge is 2.20. The monoisotopic (exact) mass is 499 g/mol. The average molecular weight is 500 g/mol. The number of thiazole rings is 1. The van der Waals surface area contributed by atoms with E-state index in [2.05, 4.69) is 15.0 Å². The normalized spacial score (nSPS) is 11.1. The van der Waals surface area contributed by atoms with Crippen molar-refractivity contribution >= 4 is 48.3 Å². The zero-order valence-electron chi connectivity index (χ0n) is 18.5. The molecule has 0 saturated carbocycles. The number of ether oxygens (including phenoxy) is 3. The minimum absolute atomic E-state index is 0.00401. The summed E-state index contributed by atoms with van der Waals surface area (Å²) >= 11 is 1.20. The van der Waals surface area contributed by atoms with Crippen LogP contribution in [-0.4, -0.2) is 40.6 Å². The lowest BCUT2D eigenvalue weighted by atomic mass is 10.2. The van der Waals surface area contributed by atoms with Gasteiger partial charge in [0.05, 0.1) is 36.6 Å². The van der Waals surface area contributed by atoms with Crippen molar-refractivity contribution in [2.75, 3.05) is 31.4 Å². The Morgan fingerprint density at radius 2 is 1.59 bits per heavy atom. The van der Waals surface area contributed by atoms with Gasteiger partial charge in [0.1, 0.15) is 11.3 Å². The van der Waals surface area contributed by atoms with Gasteiger partial charge in [0.2, 0.25) is 0 Å². The third-order valence-electron chi connectivity index (χ3n) is 4.85. The molecule has 0 aliphatic carbocycles. The van der Waals surface area contributed by atoms with Gasteiger partial charge in [0.25, 0.3) is 15.9 Å². The Morgan fingerprint density at radius 3 is 2.26 bits per heavy atom. The first-order valence-electron chi connectivity index (χ1n) is 9.94. The van der Waals surface area contributed by atoms with Gasteiger partial charge in [0, 0.05) is 17.7 Å². The van der Waals surface area contributed by atoms with Crippen LogP contribution in [0.25, 0.3) is 10.2 Å². The van der Waals surface area contributed by atoms with E-state index in [1.54, 1.807) is 30.3 Å². The van der Waals surface area contributed by atoms with Crippen LogP contribution >= 0.6 is 11.3 Å². The van der Waals surface area contributed by atoms with Gasteiger partial charge in [-0.15, -0.1) is 0 Å². The molecule has 0 aliphatic heterocycles. The van der Waals surface area contributed by atoms with Crippen LogP contribution in [0.1, 0.15) is 10.4 Å². The average Bonchev–Trinajstić information content (AvgIpc) is 3.25. The summed E-state index contributed by atoms with van der Waals surface area (Å²) in [5, 5.41) is 3.13. The number of benzene rings is 3. The van der Waals surface area contributed by atoms with Crippen molar-refractivity contribution in [3.8, 4) is 17.2 Å². The van der Waals surface area contributed by atoms with Crippen LogP contribution in [0.15, 0.2) is 65.6 Å². The molecule has 4 aromatic rings. The van der Waals surface area contributed by atoms with E-state index in [1.807, 2.05) is 6.07 Å². The maximum atomic E-state index is 13.0. The summed E-state index contributed by atoms with van der Waals surface area (Å²) in [5.41, 5.74) is 1.28. The lowest BCUT2D eigenvalue weighted by Gasteiger charge is -2.12. The minimum atomic E-state index is -3.94. The number of methoxy groups -OCH3 is 3. The molecular formula is C23H21N3O6S2. The summed E-state index contributed by atoms with van der Waals surface area (Å²) in [6, 6.07) is 16.2. The molecule has 0 atom stereocenters. The number of nitrogens with one attached hydrogen (secondary N) is 2.